The van der Waals surface area contributed by atoms with Gasteiger partial charge in [-0.2, -0.15) is 0 Å². The van der Waals surface area contributed by atoms with Crippen LogP contribution in [0.15, 0.2) is 71.8 Å². The lowest BCUT2D eigenvalue weighted by Gasteiger charge is -2.67. The number of esters is 3. The van der Waals surface area contributed by atoms with E-state index in [0.717, 1.165) is 19.8 Å². The van der Waals surface area contributed by atoms with Crippen LogP contribution in [0.2, 0.25) is 0 Å². The van der Waals surface area contributed by atoms with E-state index in [-0.39, 0.29) is 29.7 Å². The van der Waals surface area contributed by atoms with Crippen molar-refractivity contribution in [2.45, 2.75) is 225 Å². The van der Waals surface area contributed by atoms with Crippen molar-refractivity contribution in [3.63, 3.8) is 0 Å². The molecule has 6 N–H and O–H groups in total. The Morgan fingerprint density at radius 1 is 0.816 bits per heavy atom. The topological polar surface area (TPSA) is 262 Å². The first-order valence-corrected chi connectivity index (χ1v) is 27.3. The fourth-order valence-electron chi connectivity index (χ4n) is 11.9. The summed E-state index contributed by atoms with van der Waals surface area (Å²) in [5, 5.41) is 60.1. The fraction of sp³-hybridized carbons (Fsp3) is 0.661. The zero-order valence-corrected chi connectivity index (χ0v) is 46.1. The van der Waals surface area contributed by atoms with Gasteiger partial charge in [-0.05, 0) is 69.9 Å². The molecule has 1 saturated heterocycles. The van der Waals surface area contributed by atoms with Gasteiger partial charge in [0.1, 0.15) is 35.6 Å². The van der Waals surface area contributed by atoms with Gasteiger partial charge in [0.15, 0.2) is 17.5 Å². The maximum atomic E-state index is 14.9. The first-order chi connectivity index (χ1) is 35.8. The zero-order valence-electron chi connectivity index (χ0n) is 46.1. The van der Waals surface area contributed by atoms with Gasteiger partial charge in [0.25, 0.3) is 0 Å². The average molecular weight is 1060 g/mol. The molecule has 422 valence electrons. The lowest BCUT2D eigenvalue weighted by atomic mass is 9.44. The lowest BCUT2D eigenvalue weighted by Crippen LogP contribution is -2.81. The highest BCUT2D eigenvalue weighted by atomic mass is 16.6. The molecule has 3 fully saturated rings. The molecular weight excluding hydrogens is 979 g/mol. The second-order valence-electron chi connectivity index (χ2n) is 23.0. The van der Waals surface area contributed by atoms with Crippen molar-refractivity contribution in [2.24, 2.45) is 16.7 Å². The van der Waals surface area contributed by atoms with Crippen LogP contribution in [0.1, 0.15) is 187 Å². The lowest BCUT2D eigenvalue weighted by molar-refractivity contribution is -0.346. The van der Waals surface area contributed by atoms with Gasteiger partial charge in [-0.25, -0.2) is 14.4 Å². The van der Waals surface area contributed by atoms with E-state index >= 15 is 0 Å². The number of fused-ring (bicyclic) bond motifs is 5. The van der Waals surface area contributed by atoms with Crippen LogP contribution in [0.5, 0.6) is 0 Å². The molecule has 0 spiro atoms. The van der Waals surface area contributed by atoms with Gasteiger partial charge < -0.3 is 54.5 Å². The first-order valence-electron chi connectivity index (χ1n) is 27.3. The summed E-state index contributed by atoms with van der Waals surface area (Å²) in [7, 11) is 0. The molecule has 3 aliphatic carbocycles. The number of carboxylic acids is 1. The Labute approximate surface area is 448 Å². The van der Waals surface area contributed by atoms with Gasteiger partial charge >= 0.3 is 30.0 Å². The Morgan fingerprint density at radius 3 is 1.86 bits per heavy atom. The summed E-state index contributed by atoms with van der Waals surface area (Å²) in [4.78, 5) is 79.2. The number of amides is 1. The summed E-state index contributed by atoms with van der Waals surface area (Å²) in [6, 6.07) is 14.6. The Kier molecular flexibility index (Phi) is 21.4. The van der Waals surface area contributed by atoms with Crippen molar-refractivity contribution >= 4 is 35.8 Å². The molecule has 4 aliphatic rings. The Bertz CT molecular complexity index is 2330. The predicted molar refractivity (Wildman–Crippen MR) is 282 cm³/mol. The number of unbranched alkanes of at least 4 members (excludes halogenated alkanes) is 12. The van der Waals surface area contributed by atoms with Crippen LogP contribution in [0, 0.1) is 16.7 Å². The third-order valence-electron chi connectivity index (χ3n) is 16.1. The number of nitrogens with one attached hydrogen (secondary N) is 1. The number of Topliss-reactive ketones (excluding diaryl/α,β-unsaturated/α-hetero) is 1. The van der Waals surface area contributed by atoms with Crippen molar-refractivity contribution in [1.82, 2.24) is 5.32 Å². The highest BCUT2D eigenvalue weighted by Crippen LogP contribution is 2.64. The maximum Gasteiger partial charge on any atom is 0.408 e. The normalized spacial score (nSPS) is 28.2. The molecule has 1 unspecified atom stereocenters. The molecule has 17 nitrogen and oxygen atoms in total. The minimum absolute atomic E-state index is 0.0637. The van der Waals surface area contributed by atoms with Crippen molar-refractivity contribution in [3.8, 4) is 0 Å². The number of carbonyl (C=O) groups is 6. The summed E-state index contributed by atoms with van der Waals surface area (Å²) in [6.07, 6.45) is 5.79. The second kappa shape index (κ2) is 26.4. The molecule has 17 heteroatoms. The number of hydrogen-bond acceptors (Lipinski definition) is 15. The van der Waals surface area contributed by atoms with Gasteiger partial charge in [-0.15, -0.1) is 0 Å². The second-order valence-corrected chi connectivity index (χ2v) is 23.0. The van der Waals surface area contributed by atoms with Crippen LogP contribution in [-0.4, -0.2) is 121 Å². The monoisotopic (exact) mass is 1060 g/mol. The highest BCUT2D eigenvalue weighted by molar-refractivity contribution is 5.94. The van der Waals surface area contributed by atoms with Crippen molar-refractivity contribution in [2.75, 3.05) is 6.61 Å². The van der Waals surface area contributed by atoms with Crippen LogP contribution in [-0.2, 0) is 42.9 Å². The van der Waals surface area contributed by atoms with Gasteiger partial charge in [-0.3, -0.25) is 14.4 Å². The quantitative estimate of drug-likeness (QED) is 0.0278. The Hall–Kier alpha value is -5.20. The van der Waals surface area contributed by atoms with Crippen LogP contribution < -0.4 is 5.32 Å². The molecule has 76 heavy (non-hydrogen) atoms. The molecule has 1 heterocycles. The van der Waals surface area contributed by atoms with E-state index in [4.69, 9.17) is 28.8 Å². The third-order valence-corrected chi connectivity index (χ3v) is 16.1. The SMILES string of the molecule is CC(=O)O[C@@]12CO[C@@H]1C[C@H](O)[C@@]1(C)C(=O)[C@H](O)C3=C(C)[C@@H](OC(=O)C(O)[C@@H](NC(=O)OC(C)(C)C)c4ccccc4)C[C@@](O)([C@@H](OC(=O)c4ccccc4)[C@H]21)C3(C)C.CCCCCCCCCCCCCCCC(=O)O. The van der Waals surface area contributed by atoms with E-state index in [1.807, 2.05) is 0 Å². The van der Waals surface area contributed by atoms with Crippen molar-refractivity contribution in [3.05, 3.63) is 82.9 Å². The van der Waals surface area contributed by atoms with Crippen LogP contribution >= 0.6 is 0 Å². The number of ether oxygens (including phenoxy) is 5. The molecule has 2 aromatic carbocycles. The predicted octanol–water partition coefficient (Wildman–Crippen LogP) is 8.81. The highest BCUT2D eigenvalue weighted by Gasteiger charge is 2.78. The van der Waals surface area contributed by atoms with Gasteiger partial charge in [-0.1, -0.05) is 146 Å². The molecule has 0 radical (unpaired) electrons. The van der Waals surface area contributed by atoms with Crippen LogP contribution in [0.25, 0.3) is 0 Å². The number of aliphatic hydroxyl groups is 4. The summed E-state index contributed by atoms with van der Waals surface area (Å²) in [5.41, 5.74) is -8.14. The fourth-order valence-corrected chi connectivity index (χ4v) is 11.9. The summed E-state index contributed by atoms with van der Waals surface area (Å²) < 4.78 is 29.5. The Balaban J connectivity index is 0.000000506. The standard InChI is InChI=1S/C43H53NO14.C16H32O2/c1-22-26(55-37(51)32(48)30(24-15-11-9-12-16-24)44-38(52)58-39(3,4)5)20-43(53)35(56-36(50)25-17-13-10-14-18-25)33-41(8,34(49)31(47)29(22)40(43,6)7)27(46)19-28-42(33,21-54-28)57-23(2)45;1-2-3-4-5-6-7-8-9-10-11-12-13-14-15-16(17)18/h9-18,26-28,30-33,35,46-48,53H,19-21H2,1-8H3,(H,44,52);2-15H2,1H3,(H,17,18)/t26-,27-,28+,30-,31+,32?,33-,35-,41+,42-,43+;/m0./s1. The minimum Gasteiger partial charge on any atom is -0.481 e. The van der Waals surface area contributed by atoms with Crippen LogP contribution in [0.3, 0.4) is 0 Å². The number of aliphatic hydroxyl groups excluding tert-OH is 3. The summed E-state index contributed by atoms with van der Waals surface area (Å²) >= 11 is 0. The first kappa shape index (κ1) is 61.7. The molecule has 2 bridgehead atoms. The number of benzene rings is 2. The number of hydrogen-bond donors (Lipinski definition) is 6. The van der Waals surface area contributed by atoms with Gasteiger partial charge in [0.2, 0.25) is 0 Å². The van der Waals surface area contributed by atoms with Gasteiger partial charge in [0, 0.05) is 31.6 Å². The summed E-state index contributed by atoms with van der Waals surface area (Å²) in [6.45, 7) is 14.1. The molecular formula is C59H85NO16. The Morgan fingerprint density at radius 2 is 1.36 bits per heavy atom. The molecule has 1 aliphatic heterocycles. The number of rotatable bonds is 22. The van der Waals surface area contributed by atoms with E-state index < -0.39 is 118 Å². The molecule has 2 aromatic rings. The zero-order chi connectivity index (χ0) is 56.2. The molecule has 11 atom stereocenters. The smallest absolute Gasteiger partial charge is 0.408 e. The summed E-state index contributed by atoms with van der Waals surface area (Å²) in [5.74, 6) is -6.02. The third kappa shape index (κ3) is 14.1. The van der Waals surface area contributed by atoms with E-state index in [1.54, 1.807) is 83.1 Å². The van der Waals surface area contributed by atoms with E-state index in [0.29, 0.717) is 12.0 Å². The maximum absolute atomic E-state index is 14.9. The van der Waals surface area contributed by atoms with Crippen molar-refractivity contribution in [1.29, 1.82) is 0 Å². The molecule has 6 rings (SSSR count). The van der Waals surface area contributed by atoms with E-state index in [2.05, 4.69) is 12.2 Å². The number of ketones is 1. The average Bonchev–Trinajstić information content (AvgIpc) is 3.39. The number of carbonyl (C=O) groups excluding carboxylic acids is 5. The van der Waals surface area contributed by atoms with E-state index in [9.17, 15) is 49.2 Å². The number of alkyl carbamates (subject to hydrolysis) is 1. The number of carboxylic acid groups (broad SMARTS) is 1. The molecule has 1 amide bonds. The minimum atomic E-state index is -2.35. The van der Waals surface area contributed by atoms with Crippen molar-refractivity contribution < 1.29 is 78.0 Å². The largest absolute Gasteiger partial charge is 0.481 e. The van der Waals surface area contributed by atoms with E-state index in [1.165, 1.54) is 96.6 Å². The van der Waals surface area contributed by atoms with Crippen LogP contribution in [0.4, 0.5) is 4.79 Å². The number of aliphatic carboxylic acids is 1. The molecule has 0 aromatic heterocycles. The molecule has 2 saturated carbocycles. The van der Waals surface area contributed by atoms with Gasteiger partial charge in [0.05, 0.1) is 35.6 Å².